The average molecular weight is 407 g/mol. The summed E-state index contributed by atoms with van der Waals surface area (Å²) in [6, 6.07) is 13.2. The Bertz CT molecular complexity index is 712. The highest BCUT2D eigenvalue weighted by Crippen LogP contribution is 2.20. The predicted octanol–water partition coefficient (Wildman–Crippen LogP) is 4.38. The first kappa shape index (κ1) is 18.5. The van der Waals surface area contributed by atoms with Gasteiger partial charge in [-0.2, -0.15) is 0 Å². The predicted molar refractivity (Wildman–Crippen MR) is 105 cm³/mol. The fourth-order valence-corrected chi connectivity index (χ4v) is 3.04. The molecule has 0 fully saturated rings. The van der Waals surface area contributed by atoms with Gasteiger partial charge in [0.05, 0.1) is 11.5 Å². The lowest BCUT2D eigenvalue weighted by atomic mass is 10.1. The molecule has 2 aromatic rings. The summed E-state index contributed by atoms with van der Waals surface area (Å²) in [5, 5.41) is 5.71. The van der Waals surface area contributed by atoms with Gasteiger partial charge in [0, 0.05) is 15.8 Å². The van der Waals surface area contributed by atoms with E-state index in [1.807, 2.05) is 56.3 Å². The SMILES string of the molecule is Cc1cccc(C)c1NC(=O)CSCC(=O)Nc1ccc(Br)cc1. The number of hydrogen-bond acceptors (Lipinski definition) is 3. The highest BCUT2D eigenvalue weighted by molar-refractivity contribution is 9.10. The van der Waals surface area contributed by atoms with Crippen LogP contribution in [0.1, 0.15) is 11.1 Å². The van der Waals surface area contributed by atoms with E-state index in [2.05, 4.69) is 26.6 Å². The summed E-state index contributed by atoms with van der Waals surface area (Å²) in [6.45, 7) is 3.92. The summed E-state index contributed by atoms with van der Waals surface area (Å²) >= 11 is 4.63. The van der Waals surface area contributed by atoms with Crippen LogP contribution in [0.4, 0.5) is 11.4 Å². The van der Waals surface area contributed by atoms with Crippen molar-refractivity contribution in [1.82, 2.24) is 0 Å². The van der Waals surface area contributed by atoms with Gasteiger partial charge in [0.1, 0.15) is 0 Å². The van der Waals surface area contributed by atoms with Crippen LogP contribution in [0.25, 0.3) is 0 Å². The number of para-hydroxylation sites is 1. The molecule has 2 aromatic carbocycles. The second kappa shape index (κ2) is 8.89. The normalized spacial score (nSPS) is 10.3. The second-order valence-electron chi connectivity index (χ2n) is 5.36. The summed E-state index contributed by atoms with van der Waals surface area (Å²) < 4.78 is 0.957. The average Bonchev–Trinajstić information content (AvgIpc) is 2.53. The molecular weight excluding hydrogens is 388 g/mol. The molecule has 24 heavy (non-hydrogen) atoms. The summed E-state index contributed by atoms with van der Waals surface area (Å²) in [6.07, 6.45) is 0. The molecule has 0 aliphatic rings. The molecule has 126 valence electrons. The van der Waals surface area contributed by atoms with Crippen molar-refractivity contribution in [3.63, 3.8) is 0 Å². The Morgan fingerprint density at radius 3 is 2.04 bits per heavy atom. The molecule has 0 aliphatic carbocycles. The van der Waals surface area contributed by atoms with Crippen LogP contribution in [-0.2, 0) is 9.59 Å². The Kier molecular flexibility index (Phi) is 6.87. The second-order valence-corrected chi connectivity index (χ2v) is 7.26. The number of hydrogen-bond donors (Lipinski definition) is 2. The molecule has 6 heteroatoms. The largest absolute Gasteiger partial charge is 0.325 e. The number of thioether (sulfide) groups is 1. The molecular formula is C18H19BrN2O2S. The van der Waals surface area contributed by atoms with E-state index < -0.39 is 0 Å². The number of amides is 2. The number of carbonyl (C=O) groups is 2. The van der Waals surface area contributed by atoms with E-state index in [4.69, 9.17) is 0 Å². The lowest BCUT2D eigenvalue weighted by molar-refractivity contribution is -0.114. The number of aryl methyl sites for hydroxylation is 2. The Labute approximate surface area is 154 Å². The molecule has 2 N–H and O–H groups in total. The summed E-state index contributed by atoms with van der Waals surface area (Å²) in [5.74, 6) is 0.244. The van der Waals surface area contributed by atoms with Crippen molar-refractivity contribution < 1.29 is 9.59 Å². The van der Waals surface area contributed by atoms with Crippen molar-refractivity contribution in [2.75, 3.05) is 22.1 Å². The van der Waals surface area contributed by atoms with Crippen LogP contribution in [0, 0.1) is 13.8 Å². The van der Waals surface area contributed by atoms with Crippen molar-refractivity contribution in [3.8, 4) is 0 Å². The Morgan fingerprint density at radius 1 is 0.917 bits per heavy atom. The van der Waals surface area contributed by atoms with Gasteiger partial charge in [0.15, 0.2) is 0 Å². The third-order valence-corrected chi connectivity index (χ3v) is 4.80. The Balaban J connectivity index is 1.76. The minimum absolute atomic E-state index is 0.103. The van der Waals surface area contributed by atoms with Crippen LogP contribution in [0.5, 0.6) is 0 Å². The maximum atomic E-state index is 12.0. The van der Waals surface area contributed by atoms with Crippen LogP contribution in [0.3, 0.4) is 0 Å². The number of nitrogens with one attached hydrogen (secondary N) is 2. The van der Waals surface area contributed by atoms with Crippen LogP contribution >= 0.6 is 27.7 Å². The van der Waals surface area contributed by atoms with Gasteiger partial charge in [-0.3, -0.25) is 9.59 Å². The van der Waals surface area contributed by atoms with E-state index in [1.165, 1.54) is 11.8 Å². The third kappa shape index (κ3) is 5.69. The fourth-order valence-electron chi connectivity index (χ4n) is 2.15. The molecule has 0 saturated carbocycles. The molecule has 0 radical (unpaired) electrons. The van der Waals surface area contributed by atoms with Gasteiger partial charge >= 0.3 is 0 Å². The molecule has 0 saturated heterocycles. The molecule has 0 bridgehead atoms. The van der Waals surface area contributed by atoms with Gasteiger partial charge < -0.3 is 10.6 Å². The quantitative estimate of drug-likeness (QED) is 0.748. The molecule has 2 amide bonds. The molecule has 0 aliphatic heterocycles. The zero-order valence-corrected chi connectivity index (χ0v) is 16.0. The zero-order chi connectivity index (χ0) is 17.5. The first-order valence-electron chi connectivity index (χ1n) is 7.45. The van der Waals surface area contributed by atoms with Gasteiger partial charge in [0.2, 0.25) is 11.8 Å². The topological polar surface area (TPSA) is 58.2 Å². The van der Waals surface area contributed by atoms with Crippen molar-refractivity contribution in [3.05, 3.63) is 58.1 Å². The van der Waals surface area contributed by atoms with E-state index >= 15 is 0 Å². The minimum atomic E-state index is -0.123. The minimum Gasteiger partial charge on any atom is -0.325 e. The van der Waals surface area contributed by atoms with Crippen LogP contribution in [0.2, 0.25) is 0 Å². The van der Waals surface area contributed by atoms with Crippen LogP contribution in [0.15, 0.2) is 46.9 Å². The highest BCUT2D eigenvalue weighted by Gasteiger charge is 2.09. The molecule has 0 unspecified atom stereocenters. The van der Waals surface area contributed by atoms with Gasteiger partial charge in [0.25, 0.3) is 0 Å². The number of halogens is 1. The van der Waals surface area contributed by atoms with Crippen molar-refractivity contribution in [2.24, 2.45) is 0 Å². The molecule has 0 aromatic heterocycles. The van der Waals surface area contributed by atoms with Gasteiger partial charge in [-0.25, -0.2) is 0 Å². The van der Waals surface area contributed by atoms with E-state index in [-0.39, 0.29) is 23.3 Å². The van der Waals surface area contributed by atoms with Gasteiger partial charge in [-0.1, -0.05) is 34.1 Å². The lowest BCUT2D eigenvalue weighted by Gasteiger charge is -2.11. The highest BCUT2D eigenvalue weighted by atomic mass is 79.9. The first-order chi connectivity index (χ1) is 11.5. The maximum Gasteiger partial charge on any atom is 0.234 e. The first-order valence-corrected chi connectivity index (χ1v) is 9.39. The van der Waals surface area contributed by atoms with Crippen LogP contribution < -0.4 is 10.6 Å². The molecule has 0 heterocycles. The number of rotatable bonds is 6. The van der Waals surface area contributed by atoms with E-state index in [0.29, 0.717) is 0 Å². The number of carbonyl (C=O) groups excluding carboxylic acids is 2. The zero-order valence-electron chi connectivity index (χ0n) is 13.6. The van der Waals surface area contributed by atoms with Crippen LogP contribution in [-0.4, -0.2) is 23.3 Å². The summed E-state index contributed by atoms with van der Waals surface area (Å²) in [5.41, 5.74) is 3.65. The van der Waals surface area contributed by atoms with E-state index in [9.17, 15) is 9.59 Å². The summed E-state index contributed by atoms with van der Waals surface area (Å²) in [7, 11) is 0. The molecule has 2 rings (SSSR count). The van der Waals surface area contributed by atoms with E-state index in [1.54, 1.807) is 0 Å². The number of anilines is 2. The third-order valence-electron chi connectivity index (χ3n) is 3.34. The standard InChI is InChI=1S/C18H19BrN2O2S/c1-12-4-3-5-13(2)18(12)21-17(23)11-24-10-16(22)20-15-8-6-14(19)7-9-15/h3-9H,10-11H2,1-2H3,(H,20,22)(H,21,23). The van der Waals surface area contributed by atoms with Crippen molar-refractivity contribution >= 4 is 50.9 Å². The Morgan fingerprint density at radius 2 is 1.46 bits per heavy atom. The Hall–Kier alpha value is -1.79. The molecule has 4 nitrogen and oxygen atoms in total. The maximum absolute atomic E-state index is 12.0. The molecule has 0 atom stereocenters. The monoisotopic (exact) mass is 406 g/mol. The summed E-state index contributed by atoms with van der Waals surface area (Å²) in [4.78, 5) is 23.9. The van der Waals surface area contributed by atoms with Gasteiger partial charge in [-0.15, -0.1) is 11.8 Å². The molecule has 0 spiro atoms. The van der Waals surface area contributed by atoms with E-state index in [0.717, 1.165) is 27.0 Å². The fraction of sp³-hybridized carbons (Fsp3) is 0.222. The van der Waals surface area contributed by atoms with Gasteiger partial charge in [-0.05, 0) is 49.2 Å². The van der Waals surface area contributed by atoms with Crippen molar-refractivity contribution in [2.45, 2.75) is 13.8 Å². The van der Waals surface area contributed by atoms with Crippen molar-refractivity contribution in [1.29, 1.82) is 0 Å². The smallest absolute Gasteiger partial charge is 0.234 e. The lowest BCUT2D eigenvalue weighted by Crippen LogP contribution is -2.19. The number of benzene rings is 2.